The van der Waals surface area contributed by atoms with Gasteiger partial charge in [-0.15, -0.1) is 11.3 Å². The van der Waals surface area contributed by atoms with E-state index in [0.29, 0.717) is 17.8 Å². The number of nitrogens with zero attached hydrogens (tertiary/aromatic N) is 2. The minimum atomic E-state index is -0.821. The van der Waals surface area contributed by atoms with Crippen LogP contribution in [-0.4, -0.2) is 28.1 Å². The number of carbonyl (C=O) groups is 2. The molecule has 0 spiro atoms. The van der Waals surface area contributed by atoms with Crippen molar-refractivity contribution in [2.24, 2.45) is 11.1 Å². The lowest BCUT2D eigenvalue weighted by Crippen LogP contribution is -2.42. The zero-order valence-corrected chi connectivity index (χ0v) is 16.1. The van der Waals surface area contributed by atoms with Gasteiger partial charge in [0.1, 0.15) is 5.69 Å². The van der Waals surface area contributed by atoms with E-state index in [1.807, 2.05) is 47.8 Å². The first-order chi connectivity index (χ1) is 12.9. The van der Waals surface area contributed by atoms with Crippen molar-refractivity contribution in [1.82, 2.24) is 15.1 Å². The Labute approximate surface area is 162 Å². The molecule has 6 nitrogen and oxygen atoms in total. The van der Waals surface area contributed by atoms with E-state index in [1.54, 1.807) is 24.7 Å². The van der Waals surface area contributed by atoms with Gasteiger partial charge in [0, 0.05) is 12.7 Å². The van der Waals surface area contributed by atoms with Gasteiger partial charge in [0.05, 0.1) is 22.4 Å². The third-order valence-corrected chi connectivity index (χ3v) is 5.18. The molecule has 0 aliphatic rings. The van der Waals surface area contributed by atoms with Crippen LogP contribution in [0.3, 0.4) is 0 Å². The number of thiophene rings is 1. The number of rotatable bonds is 7. The zero-order chi connectivity index (χ0) is 19.4. The van der Waals surface area contributed by atoms with Crippen LogP contribution in [0.4, 0.5) is 0 Å². The molecule has 0 fully saturated rings. The van der Waals surface area contributed by atoms with Gasteiger partial charge in [-0.25, -0.2) is 0 Å². The van der Waals surface area contributed by atoms with Crippen LogP contribution in [0.25, 0.3) is 10.6 Å². The van der Waals surface area contributed by atoms with E-state index in [0.717, 1.165) is 10.4 Å². The fourth-order valence-electron chi connectivity index (χ4n) is 2.52. The van der Waals surface area contributed by atoms with Gasteiger partial charge in [-0.05, 0) is 30.9 Å². The Bertz CT molecular complexity index is 930. The van der Waals surface area contributed by atoms with Crippen molar-refractivity contribution in [1.29, 1.82) is 0 Å². The Hall–Kier alpha value is -2.93. The number of primary amides is 1. The van der Waals surface area contributed by atoms with Crippen molar-refractivity contribution < 1.29 is 9.59 Å². The van der Waals surface area contributed by atoms with Gasteiger partial charge in [-0.1, -0.05) is 36.4 Å². The standard InChI is InChI=1S/C20H22N4O2S/c1-20(2,19(21)26)13-22-18(25)15-12-24(11-14-7-4-3-5-8-14)23-17(15)16-9-6-10-27-16/h3-10,12H,11,13H2,1-2H3,(H2,21,26)(H,22,25). The minimum absolute atomic E-state index is 0.162. The molecule has 27 heavy (non-hydrogen) atoms. The van der Waals surface area contributed by atoms with Crippen LogP contribution in [0.2, 0.25) is 0 Å². The maximum Gasteiger partial charge on any atom is 0.255 e. The van der Waals surface area contributed by atoms with E-state index in [-0.39, 0.29) is 12.5 Å². The predicted octanol–water partition coefficient (Wildman–Crippen LogP) is 2.90. The van der Waals surface area contributed by atoms with E-state index in [1.165, 1.54) is 11.3 Å². The van der Waals surface area contributed by atoms with E-state index in [2.05, 4.69) is 10.4 Å². The Kier molecular flexibility index (Phi) is 5.41. The second-order valence-corrected chi connectivity index (χ2v) is 7.93. The molecule has 0 radical (unpaired) electrons. The first-order valence-electron chi connectivity index (χ1n) is 8.60. The molecule has 3 aromatic rings. The Morgan fingerprint density at radius 2 is 1.93 bits per heavy atom. The molecule has 0 atom stereocenters. The molecular formula is C20H22N4O2S. The average Bonchev–Trinajstić information content (AvgIpc) is 3.30. The summed E-state index contributed by atoms with van der Waals surface area (Å²) in [4.78, 5) is 25.2. The summed E-state index contributed by atoms with van der Waals surface area (Å²) in [5.41, 5.74) is 6.78. The normalized spacial score (nSPS) is 11.3. The highest BCUT2D eigenvalue weighted by Gasteiger charge is 2.27. The molecule has 0 aliphatic carbocycles. The minimum Gasteiger partial charge on any atom is -0.369 e. The van der Waals surface area contributed by atoms with Crippen LogP contribution >= 0.6 is 11.3 Å². The highest BCUT2D eigenvalue weighted by molar-refractivity contribution is 7.13. The third-order valence-electron chi connectivity index (χ3n) is 4.31. The van der Waals surface area contributed by atoms with Gasteiger partial charge in [0.15, 0.2) is 0 Å². The van der Waals surface area contributed by atoms with Gasteiger partial charge in [-0.3, -0.25) is 14.3 Å². The van der Waals surface area contributed by atoms with Gasteiger partial charge >= 0.3 is 0 Å². The Balaban J connectivity index is 1.86. The molecule has 0 saturated heterocycles. The fraction of sp³-hybridized carbons (Fsp3) is 0.250. The van der Waals surface area contributed by atoms with Crippen molar-refractivity contribution in [2.45, 2.75) is 20.4 Å². The van der Waals surface area contributed by atoms with Crippen molar-refractivity contribution >= 4 is 23.2 Å². The van der Waals surface area contributed by atoms with Gasteiger partial charge in [0.25, 0.3) is 5.91 Å². The summed E-state index contributed by atoms with van der Waals surface area (Å²) in [5, 5.41) is 9.38. The fourth-order valence-corrected chi connectivity index (χ4v) is 3.24. The molecular weight excluding hydrogens is 360 g/mol. The second kappa shape index (κ2) is 7.75. The van der Waals surface area contributed by atoms with Crippen LogP contribution in [0, 0.1) is 5.41 Å². The van der Waals surface area contributed by atoms with Gasteiger partial charge in [-0.2, -0.15) is 5.10 Å². The summed E-state index contributed by atoms with van der Waals surface area (Å²) in [6, 6.07) is 13.8. The predicted molar refractivity (Wildman–Crippen MR) is 106 cm³/mol. The number of nitrogens with one attached hydrogen (secondary N) is 1. The van der Waals surface area contributed by atoms with Crippen LogP contribution in [0.15, 0.2) is 54.0 Å². The first-order valence-corrected chi connectivity index (χ1v) is 9.48. The summed E-state index contributed by atoms with van der Waals surface area (Å²) in [7, 11) is 0. The van der Waals surface area contributed by atoms with Gasteiger partial charge < -0.3 is 11.1 Å². The molecule has 3 N–H and O–H groups in total. The Morgan fingerprint density at radius 1 is 1.19 bits per heavy atom. The summed E-state index contributed by atoms with van der Waals surface area (Å²) in [6.07, 6.45) is 1.74. The summed E-state index contributed by atoms with van der Waals surface area (Å²) < 4.78 is 1.76. The largest absolute Gasteiger partial charge is 0.369 e. The molecule has 0 saturated carbocycles. The molecule has 1 aromatic carbocycles. The lowest BCUT2D eigenvalue weighted by Gasteiger charge is -2.20. The van der Waals surface area contributed by atoms with E-state index < -0.39 is 11.3 Å². The zero-order valence-electron chi connectivity index (χ0n) is 15.3. The molecule has 2 amide bonds. The van der Waals surface area contributed by atoms with E-state index >= 15 is 0 Å². The number of amides is 2. The van der Waals surface area contributed by atoms with Crippen LogP contribution in [0.1, 0.15) is 29.8 Å². The number of nitrogens with two attached hydrogens (primary N) is 1. The van der Waals surface area contributed by atoms with Crippen LogP contribution < -0.4 is 11.1 Å². The monoisotopic (exact) mass is 382 g/mol. The van der Waals surface area contributed by atoms with E-state index in [4.69, 9.17) is 5.73 Å². The molecule has 2 heterocycles. The van der Waals surface area contributed by atoms with Crippen LogP contribution in [-0.2, 0) is 11.3 Å². The summed E-state index contributed by atoms with van der Waals surface area (Å²) >= 11 is 1.53. The van der Waals surface area contributed by atoms with Crippen molar-refractivity contribution in [3.63, 3.8) is 0 Å². The Morgan fingerprint density at radius 3 is 2.56 bits per heavy atom. The number of hydrogen-bond acceptors (Lipinski definition) is 4. The average molecular weight is 382 g/mol. The summed E-state index contributed by atoms with van der Waals surface area (Å²) in [5.74, 6) is -0.729. The molecule has 0 aliphatic heterocycles. The molecule has 2 aromatic heterocycles. The van der Waals surface area contributed by atoms with Crippen molar-refractivity contribution in [3.8, 4) is 10.6 Å². The molecule has 0 unspecified atom stereocenters. The molecule has 7 heteroatoms. The lowest BCUT2D eigenvalue weighted by molar-refractivity contribution is -0.125. The molecule has 0 bridgehead atoms. The highest BCUT2D eigenvalue weighted by Crippen LogP contribution is 2.27. The lowest BCUT2D eigenvalue weighted by atomic mass is 9.92. The molecule has 140 valence electrons. The van der Waals surface area contributed by atoms with Crippen LogP contribution in [0.5, 0.6) is 0 Å². The summed E-state index contributed by atoms with van der Waals surface area (Å²) in [6.45, 7) is 4.14. The number of benzene rings is 1. The maximum absolute atomic E-state index is 12.8. The number of aromatic nitrogens is 2. The van der Waals surface area contributed by atoms with Crippen molar-refractivity contribution in [2.75, 3.05) is 6.54 Å². The smallest absolute Gasteiger partial charge is 0.255 e. The number of hydrogen-bond donors (Lipinski definition) is 2. The van der Waals surface area contributed by atoms with E-state index in [9.17, 15) is 9.59 Å². The quantitative estimate of drug-likeness (QED) is 0.658. The van der Waals surface area contributed by atoms with Gasteiger partial charge in [0.2, 0.25) is 5.91 Å². The maximum atomic E-state index is 12.8. The topological polar surface area (TPSA) is 90.0 Å². The molecule has 3 rings (SSSR count). The van der Waals surface area contributed by atoms with Crippen molar-refractivity contribution in [3.05, 3.63) is 65.2 Å². The third kappa shape index (κ3) is 4.43. The number of carbonyl (C=O) groups excluding carboxylic acids is 2. The highest BCUT2D eigenvalue weighted by atomic mass is 32.1. The second-order valence-electron chi connectivity index (χ2n) is 6.98. The SMILES string of the molecule is CC(C)(CNC(=O)c1cn(Cc2ccccc2)nc1-c1cccs1)C(N)=O. The first kappa shape index (κ1) is 18.8.